The number of benzene rings is 2. The smallest absolute Gasteiger partial charge is 0.254 e. The Morgan fingerprint density at radius 1 is 1.22 bits per heavy atom. The highest BCUT2D eigenvalue weighted by atomic mass is 32.2. The van der Waals surface area contributed by atoms with Crippen molar-refractivity contribution in [3.63, 3.8) is 0 Å². The van der Waals surface area contributed by atoms with Crippen LogP contribution in [0.4, 0.5) is 10.2 Å². The number of carbonyl (C=O) groups excluding carboxylic acids is 1. The molecule has 2 heterocycles. The highest BCUT2D eigenvalue weighted by molar-refractivity contribution is 7.85. The number of anilines is 1. The molecule has 2 aromatic carbocycles. The molecular formula is C24H24FN3O3S. The van der Waals surface area contributed by atoms with Crippen LogP contribution in [0.1, 0.15) is 28.4 Å². The summed E-state index contributed by atoms with van der Waals surface area (Å²) in [6.45, 7) is 4.31. The maximum atomic E-state index is 14.8. The first-order valence-corrected chi connectivity index (χ1v) is 11.6. The molecule has 32 heavy (non-hydrogen) atoms. The summed E-state index contributed by atoms with van der Waals surface area (Å²) in [6, 6.07) is 12.4. The van der Waals surface area contributed by atoms with Crippen LogP contribution in [0.5, 0.6) is 5.75 Å². The largest absolute Gasteiger partial charge is 0.491 e. The minimum absolute atomic E-state index is 0.132. The second-order valence-corrected chi connectivity index (χ2v) is 9.26. The minimum Gasteiger partial charge on any atom is -0.491 e. The summed E-state index contributed by atoms with van der Waals surface area (Å²) in [6.07, 6.45) is 1.70. The number of nitrogens with two attached hydrogens (primary N) is 1. The van der Waals surface area contributed by atoms with E-state index in [1.165, 1.54) is 6.07 Å². The van der Waals surface area contributed by atoms with Gasteiger partial charge in [0.05, 0.1) is 22.2 Å². The molecule has 6 nitrogen and oxygen atoms in total. The van der Waals surface area contributed by atoms with Gasteiger partial charge >= 0.3 is 0 Å². The molecule has 2 N–H and O–H groups in total. The van der Waals surface area contributed by atoms with E-state index in [2.05, 4.69) is 4.98 Å². The van der Waals surface area contributed by atoms with Gasteiger partial charge < -0.3 is 15.4 Å². The van der Waals surface area contributed by atoms with Gasteiger partial charge in [-0.1, -0.05) is 13.0 Å². The number of rotatable bonds is 4. The third-order valence-electron chi connectivity index (χ3n) is 5.54. The average molecular weight is 454 g/mol. The van der Waals surface area contributed by atoms with Crippen molar-refractivity contribution in [2.24, 2.45) is 0 Å². The highest BCUT2D eigenvalue weighted by Gasteiger charge is 2.25. The van der Waals surface area contributed by atoms with Crippen molar-refractivity contribution in [1.82, 2.24) is 9.88 Å². The third-order valence-corrected chi connectivity index (χ3v) is 6.87. The van der Waals surface area contributed by atoms with Crippen LogP contribution >= 0.6 is 0 Å². The van der Waals surface area contributed by atoms with E-state index in [-0.39, 0.29) is 21.9 Å². The van der Waals surface area contributed by atoms with Gasteiger partial charge in [0, 0.05) is 35.2 Å². The van der Waals surface area contributed by atoms with E-state index < -0.39 is 16.6 Å². The highest BCUT2D eigenvalue weighted by Crippen LogP contribution is 2.30. The summed E-state index contributed by atoms with van der Waals surface area (Å²) < 4.78 is 32.7. The zero-order valence-electron chi connectivity index (χ0n) is 17.9. The number of fused-ring (bicyclic) bond motifs is 1. The van der Waals surface area contributed by atoms with Crippen molar-refractivity contribution in [3.8, 4) is 16.9 Å². The number of nitrogens with zero attached hydrogens (tertiary/aromatic N) is 2. The van der Waals surface area contributed by atoms with Crippen LogP contribution in [0.2, 0.25) is 0 Å². The van der Waals surface area contributed by atoms with Crippen LogP contribution < -0.4 is 10.5 Å². The molecule has 0 radical (unpaired) electrons. The van der Waals surface area contributed by atoms with E-state index >= 15 is 0 Å². The molecule has 0 saturated heterocycles. The van der Waals surface area contributed by atoms with Gasteiger partial charge in [0.1, 0.15) is 24.0 Å². The van der Waals surface area contributed by atoms with Crippen LogP contribution in [0, 0.1) is 12.7 Å². The molecule has 4 rings (SSSR count). The van der Waals surface area contributed by atoms with Crippen LogP contribution in [-0.4, -0.2) is 38.9 Å². The monoisotopic (exact) mass is 453 g/mol. The predicted octanol–water partition coefficient (Wildman–Crippen LogP) is 3.94. The van der Waals surface area contributed by atoms with Gasteiger partial charge in [-0.2, -0.15) is 0 Å². The number of aromatic nitrogens is 1. The number of hydrogen-bond acceptors (Lipinski definition) is 5. The molecule has 166 valence electrons. The van der Waals surface area contributed by atoms with Crippen LogP contribution in [0.3, 0.4) is 0 Å². The Morgan fingerprint density at radius 3 is 2.72 bits per heavy atom. The molecule has 1 atom stereocenters. The van der Waals surface area contributed by atoms with E-state index in [0.717, 1.165) is 16.7 Å². The number of pyridine rings is 1. The summed E-state index contributed by atoms with van der Waals surface area (Å²) in [4.78, 5) is 19.2. The van der Waals surface area contributed by atoms with Crippen molar-refractivity contribution in [2.45, 2.75) is 25.3 Å². The summed E-state index contributed by atoms with van der Waals surface area (Å²) in [5, 5.41) is 0. The fourth-order valence-electron chi connectivity index (χ4n) is 3.72. The average Bonchev–Trinajstić information content (AvgIpc) is 3.02. The van der Waals surface area contributed by atoms with Gasteiger partial charge in [-0.25, -0.2) is 9.37 Å². The molecule has 1 aliphatic rings. The number of carbonyl (C=O) groups is 1. The van der Waals surface area contributed by atoms with E-state index in [1.54, 1.807) is 37.1 Å². The van der Waals surface area contributed by atoms with Crippen molar-refractivity contribution >= 4 is 22.5 Å². The Bertz CT molecular complexity index is 1200. The minimum atomic E-state index is -1.43. The molecule has 0 spiro atoms. The van der Waals surface area contributed by atoms with Crippen LogP contribution in [0.15, 0.2) is 53.6 Å². The topological polar surface area (TPSA) is 85.5 Å². The Kier molecular flexibility index (Phi) is 6.23. The lowest BCUT2D eigenvalue weighted by molar-refractivity contribution is 0.0731. The molecule has 3 aromatic rings. The second kappa shape index (κ2) is 9.08. The van der Waals surface area contributed by atoms with Gasteiger partial charge in [0.25, 0.3) is 5.91 Å². The molecule has 0 aliphatic carbocycles. The lowest BCUT2D eigenvalue weighted by Crippen LogP contribution is -2.33. The van der Waals surface area contributed by atoms with Crippen molar-refractivity contribution in [1.29, 1.82) is 0 Å². The maximum absolute atomic E-state index is 14.8. The summed E-state index contributed by atoms with van der Waals surface area (Å²) >= 11 is 0. The Morgan fingerprint density at radius 2 is 2.00 bits per heavy atom. The van der Waals surface area contributed by atoms with Crippen molar-refractivity contribution in [3.05, 3.63) is 71.2 Å². The first-order chi connectivity index (χ1) is 15.4. The fourth-order valence-corrected chi connectivity index (χ4v) is 4.60. The van der Waals surface area contributed by atoms with Gasteiger partial charge in [-0.15, -0.1) is 0 Å². The van der Waals surface area contributed by atoms with Gasteiger partial charge in [0.2, 0.25) is 0 Å². The molecule has 0 fully saturated rings. The first kappa shape index (κ1) is 22.0. The zero-order chi connectivity index (χ0) is 22.8. The molecular weight excluding hydrogens is 429 g/mol. The molecule has 0 saturated carbocycles. The standard InChI is InChI=1S/C24H24FN3O3S/c1-3-32(30)21-8-6-19(15(2)23(21)25)24(29)28-10-11-31-20-7-4-16(12-18(20)14-28)17-5-9-22(26)27-13-17/h4-9,12-13H,3,10-11,14H2,1-2H3,(H2,26,27). The summed E-state index contributed by atoms with van der Waals surface area (Å²) in [5.41, 5.74) is 8.85. The maximum Gasteiger partial charge on any atom is 0.254 e. The van der Waals surface area contributed by atoms with Gasteiger partial charge in [-0.05, 0) is 54.4 Å². The predicted molar refractivity (Wildman–Crippen MR) is 122 cm³/mol. The summed E-state index contributed by atoms with van der Waals surface area (Å²) in [7, 11) is -1.43. The van der Waals surface area contributed by atoms with Crippen LogP contribution in [-0.2, 0) is 17.3 Å². The van der Waals surface area contributed by atoms with E-state index in [9.17, 15) is 13.4 Å². The first-order valence-electron chi connectivity index (χ1n) is 10.3. The SMILES string of the molecule is CCS(=O)c1ccc(C(=O)N2CCOc3ccc(-c4ccc(N)nc4)cc3C2)c(C)c1F. The van der Waals surface area contributed by atoms with Gasteiger partial charge in [-0.3, -0.25) is 9.00 Å². The Balaban J connectivity index is 1.64. The molecule has 8 heteroatoms. The lowest BCUT2D eigenvalue weighted by Gasteiger charge is -2.21. The number of ether oxygens (including phenoxy) is 1. The number of hydrogen-bond donors (Lipinski definition) is 1. The van der Waals surface area contributed by atoms with Crippen molar-refractivity contribution < 1.29 is 18.1 Å². The second-order valence-electron chi connectivity index (χ2n) is 7.55. The molecule has 1 aliphatic heterocycles. The number of halogens is 1. The number of amides is 1. The molecule has 1 aromatic heterocycles. The van der Waals surface area contributed by atoms with Crippen molar-refractivity contribution in [2.75, 3.05) is 24.6 Å². The van der Waals surface area contributed by atoms with Gasteiger partial charge in [0.15, 0.2) is 0 Å². The Labute approximate surface area is 188 Å². The normalized spacial score (nSPS) is 14.3. The quantitative estimate of drug-likeness (QED) is 0.647. The van der Waals surface area contributed by atoms with E-state index in [1.807, 2.05) is 24.3 Å². The van der Waals surface area contributed by atoms with Crippen LogP contribution in [0.25, 0.3) is 11.1 Å². The molecule has 0 bridgehead atoms. The zero-order valence-corrected chi connectivity index (χ0v) is 18.7. The Hall–Kier alpha value is -3.26. The number of nitrogen functional groups attached to an aromatic ring is 1. The summed E-state index contributed by atoms with van der Waals surface area (Å²) in [5.74, 6) is 0.603. The fraction of sp³-hybridized carbons (Fsp3) is 0.250. The third kappa shape index (κ3) is 4.23. The molecule has 1 amide bonds. The lowest BCUT2D eigenvalue weighted by atomic mass is 10.0. The van der Waals surface area contributed by atoms with E-state index in [0.29, 0.717) is 37.0 Å². The van der Waals surface area contributed by atoms with E-state index in [4.69, 9.17) is 10.5 Å². The molecule has 1 unspecified atom stereocenters.